The van der Waals surface area contributed by atoms with Gasteiger partial charge >= 0.3 is 5.97 Å². The van der Waals surface area contributed by atoms with Crippen LogP contribution in [-0.4, -0.2) is 24.0 Å². The number of nitrogens with zero attached hydrogens (tertiary/aromatic N) is 1. The van der Waals surface area contributed by atoms with E-state index in [1.54, 1.807) is 12.1 Å². The van der Waals surface area contributed by atoms with Crippen molar-refractivity contribution in [2.75, 3.05) is 13.1 Å². The van der Waals surface area contributed by atoms with E-state index in [1.807, 2.05) is 54.8 Å². The molecule has 0 amide bonds. The van der Waals surface area contributed by atoms with Crippen molar-refractivity contribution >= 4 is 29.3 Å². The van der Waals surface area contributed by atoms with Crippen molar-refractivity contribution in [3.63, 3.8) is 0 Å². The monoisotopic (exact) mass is 447 g/mol. The summed E-state index contributed by atoms with van der Waals surface area (Å²) in [7, 11) is 0. The van der Waals surface area contributed by atoms with Gasteiger partial charge in [0.25, 0.3) is 0 Å². The number of esters is 1. The van der Waals surface area contributed by atoms with E-state index in [4.69, 9.17) is 9.15 Å². The Morgan fingerprint density at radius 2 is 1.81 bits per heavy atom. The topological polar surface area (TPSA) is 42.7 Å². The van der Waals surface area contributed by atoms with E-state index in [-0.39, 0.29) is 18.4 Å². The Morgan fingerprint density at radius 3 is 2.69 bits per heavy atom. The molecule has 1 aliphatic heterocycles. The highest BCUT2D eigenvalue weighted by Crippen LogP contribution is 2.31. The first-order valence-corrected chi connectivity index (χ1v) is 10.8. The van der Waals surface area contributed by atoms with Crippen LogP contribution in [0, 0.1) is 0 Å². The lowest BCUT2D eigenvalue weighted by Gasteiger charge is -2.33. The molecule has 4 aromatic rings. The molecule has 2 heterocycles. The molecule has 5 heteroatoms. The molecule has 1 saturated heterocycles. The van der Waals surface area contributed by atoms with Crippen LogP contribution in [0.15, 0.2) is 89.5 Å². The Bertz CT molecular complexity index is 1190. The number of para-hydroxylation sites is 1. The van der Waals surface area contributed by atoms with Gasteiger partial charge in [0, 0.05) is 24.0 Å². The fraction of sp³-hybridized carbons (Fsp3) is 0.222. The highest BCUT2D eigenvalue weighted by molar-refractivity contribution is 5.91. The number of fused-ring (bicyclic) bond motifs is 1. The van der Waals surface area contributed by atoms with E-state index in [2.05, 4.69) is 23.1 Å². The number of halogens is 1. The van der Waals surface area contributed by atoms with Crippen molar-refractivity contribution in [2.45, 2.75) is 25.3 Å². The average molecular weight is 448 g/mol. The number of hydrogen-bond donors (Lipinski definition) is 0. The number of likely N-dealkylation sites (tertiary alicyclic amines) is 1. The van der Waals surface area contributed by atoms with Crippen LogP contribution in [0.4, 0.5) is 0 Å². The highest BCUT2D eigenvalue weighted by atomic mass is 35.5. The third-order valence-corrected chi connectivity index (χ3v) is 6.01. The summed E-state index contributed by atoms with van der Waals surface area (Å²) in [5.41, 5.74) is 3.96. The minimum absolute atomic E-state index is 0. The minimum Gasteiger partial charge on any atom is -0.464 e. The van der Waals surface area contributed by atoms with Crippen molar-refractivity contribution in [3.8, 4) is 5.75 Å². The summed E-state index contributed by atoms with van der Waals surface area (Å²) in [4.78, 5) is 14.9. The third kappa shape index (κ3) is 4.87. The Balaban J connectivity index is 0.00000245. The molecule has 32 heavy (non-hydrogen) atoms. The normalized spacial score (nSPS) is 16.4. The second-order valence-corrected chi connectivity index (χ2v) is 8.16. The molecule has 5 rings (SSSR count). The summed E-state index contributed by atoms with van der Waals surface area (Å²) >= 11 is 0. The molecule has 0 aliphatic carbocycles. The Labute approximate surface area is 194 Å². The lowest BCUT2D eigenvalue weighted by Crippen LogP contribution is -2.33. The summed E-state index contributed by atoms with van der Waals surface area (Å²) < 4.78 is 11.3. The van der Waals surface area contributed by atoms with E-state index in [1.165, 1.54) is 16.5 Å². The number of piperidine rings is 1. The molecule has 1 fully saturated rings. The number of hydrogen-bond acceptors (Lipinski definition) is 4. The van der Waals surface area contributed by atoms with Crippen molar-refractivity contribution in [2.24, 2.45) is 0 Å². The minimum atomic E-state index is -0.324. The van der Waals surface area contributed by atoms with Crippen LogP contribution in [0.5, 0.6) is 5.75 Å². The molecule has 164 valence electrons. The van der Waals surface area contributed by atoms with Gasteiger partial charge in [-0.1, -0.05) is 48.5 Å². The molecule has 1 aromatic heterocycles. The van der Waals surface area contributed by atoms with Gasteiger partial charge in [0.2, 0.25) is 0 Å². The fourth-order valence-electron chi connectivity index (χ4n) is 4.44. The molecule has 0 bridgehead atoms. The predicted octanol–water partition coefficient (Wildman–Crippen LogP) is 6.45. The number of carbonyl (C=O) groups excluding carboxylic acids is 1. The average Bonchev–Trinajstić information content (AvgIpc) is 3.23. The van der Waals surface area contributed by atoms with Crippen LogP contribution in [-0.2, 0) is 6.54 Å². The first-order chi connectivity index (χ1) is 15.3. The number of rotatable bonds is 5. The maximum Gasteiger partial charge on any atom is 0.343 e. The second kappa shape index (κ2) is 10.0. The van der Waals surface area contributed by atoms with Crippen LogP contribution < -0.4 is 4.74 Å². The molecule has 1 aliphatic rings. The zero-order valence-corrected chi connectivity index (χ0v) is 18.6. The maximum absolute atomic E-state index is 12.4. The maximum atomic E-state index is 12.4. The van der Waals surface area contributed by atoms with Crippen molar-refractivity contribution < 1.29 is 13.9 Å². The zero-order chi connectivity index (χ0) is 21.0. The molecule has 3 aromatic carbocycles. The van der Waals surface area contributed by atoms with Gasteiger partial charge < -0.3 is 9.15 Å². The molecule has 1 unspecified atom stereocenters. The predicted molar refractivity (Wildman–Crippen MR) is 129 cm³/mol. The lowest BCUT2D eigenvalue weighted by atomic mass is 9.90. The molecule has 0 saturated carbocycles. The smallest absolute Gasteiger partial charge is 0.343 e. The van der Waals surface area contributed by atoms with Gasteiger partial charge in [-0.3, -0.25) is 4.90 Å². The van der Waals surface area contributed by atoms with Gasteiger partial charge in [-0.2, -0.15) is 0 Å². The quantitative estimate of drug-likeness (QED) is 0.260. The molecule has 0 spiro atoms. The van der Waals surface area contributed by atoms with Gasteiger partial charge in [0.1, 0.15) is 11.3 Å². The van der Waals surface area contributed by atoms with Crippen LogP contribution in [0.1, 0.15) is 40.2 Å². The number of ether oxygens (including phenoxy) is 1. The number of furan rings is 1. The summed E-state index contributed by atoms with van der Waals surface area (Å²) in [5, 5.41) is 1.19. The summed E-state index contributed by atoms with van der Waals surface area (Å²) in [6, 6.07) is 25.3. The largest absolute Gasteiger partial charge is 0.464 e. The van der Waals surface area contributed by atoms with E-state index >= 15 is 0 Å². The second-order valence-electron chi connectivity index (χ2n) is 8.16. The molecular formula is C27H26ClNO3. The first kappa shape index (κ1) is 22.1. The lowest BCUT2D eigenvalue weighted by molar-refractivity contribution is 0.0734. The Kier molecular flexibility index (Phi) is 6.93. The molecule has 0 radical (unpaired) electrons. The van der Waals surface area contributed by atoms with Crippen LogP contribution >= 0.6 is 12.4 Å². The summed E-state index contributed by atoms with van der Waals surface area (Å²) in [5.74, 6) is 0.696. The van der Waals surface area contributed by atoms with E-state index < -0.39 is 0 Å². The van der Waals surface area contributed by atoms with Gasteiger partial charge in [-0.25, -0.2) is 4.79 Å². The van der Waals surface area contributed by atoms with Crippen molar-refractivity contribution in [1.82, 2.24) is 4.90 Å². The molecule has 1 atom stereocenters. The molecule has 4 nitrogen and oxygen atoms in total. The Morgan fingerprint density at radius 1 is 1.00 bits per heavy atom. The van der Waals surface area contributed by atoms with Gasteiger partial charge in [0.05, 0.1) is 11.8 Å². The zero-order valence-electron chi connectivity index (χ0n) is 17.8. The van der Waals surface area contributed by atoms with E-state index in [0.29, 0.717) is 17.2 Å². The SMILES string of the molecule is Cl.O=C(Oc1cccc(C2CCCN(Cc3coc4ccccc34)C2)c1)c1ccccc1. The van der Waals surface area contributed by atoms with Crippen LogP contribution in [0.25, 0.3) is 11.0 Å². The first-order valence-electron chi connectivity index (χ1n) is 10.8. The highest BCUT2D eigenvalue weighted by Gasteiger charge is 2.23. The van der Waals surface area contributed by atoms with Gasteiger partial charge in [0.15, 0.2) is 0 Å². The number of carbonyl (C=O) groups is 1. The molecular weight excluding hydrogens is 422 g/mol. The summed E-state index contributed by atoms with van der Waals surface area (Å²) in [6.07, 6.45) is 4.17. The number of benzene rings is 3. The van der Waals surface area contributed by atoms with Gasteiger partial charge in [-0.05, 0) is 61.2 Å². The van der Waals surface area contributed by atoms with E-state index in [9.17, 15) is 4.79 Å². The van der Waals surface area contributed by atoms with Gasteiger partial charge in [-0.15, -0.1) is 12.4 Å². The summed E-state index contributed by atoms with van der Waals surface area (Å²) in [6.45, 7) is 2.95. The van der Waals surface area contributed by atoms with Crippen molar-refractivity contribution in [3.05, 3.63) is 102 Å². The Hall–Kier alpha value is -3.08. The van der Waals surface area contributed by atoms with Crippen LogP contribution in [0.2, 0.25) is 0 Å². The van der Waals surface area contributed by atoms with Crippen molar-refractivity contribution in [1.29, 1.82) is 0 Å². The molecule has 0 N–H and O–H groups in total. The third-order valence-electron chi connectivity index (χ3n) is 6.01. The standard InChI is InChI=1S/C27H25NO3.ClH/c29-27(20-8-2-1-3-9-20)31-24-12-6-10-21(16-24)22-11-7-15-28(17-22)18-23-19-30-26-14-5-4-13-25(23)26;/h1-6,8-10,12-14,16,19,22H,7,11,15,17-18H2;1H. The van der Waals surface area contributed by atoms with Crippen LogP contribution in [0.3, 0.4) is 0 Å². The fourth-order valence-corrected chi connectivity index (χ4v) is 4.44. The van der Waals surface area contributed by atoms with E-state index in [0.717, 1.165) is 38.1 Å².